The van der Waals surface area contributed by atoms with Gasteiger partial charge < -0.3 is 9.47 Å². The molecule has 9 aromatic rings. The van der Waals surface area contributed by atoms with E-state index in [1.165, 1.54) is 87.5 Å². The van der Waals surface area contributed by atoms with Crippen LogP contribution in [0.1, 0.15) is 11.5 Å². The Kier molecular flexibility index (Phi) is 5.25. The lowest BCUT2D eigenvalue weighted by Crippen LogP contribution is -2.28. The minimum Gasteiger partial charge on any atom is -0.333 e. The van der Waals surface area contributed by atoms with Gasteiger partial charge in [-0.2, -0.15) is 0 Å². The summed E-state index contributed by atoms with van der Waals surface area (Å²) in [6.45, 7) is 0. The van der Waals surface area contributed by atoms with Crippen LogP contribution in [0.3, 0.4) is 0 Å². The zero-order chi connectivity index (χ0) is 31.3. The normalized spacial score (nSPS) is 17.0. The van der Waals surface area contributed by atoms with E-state index in [2.05, 4.69) is 179 Å². The number of para-hydroxylation sites is 1. The van der Waals surface area contributed by atoms with Crippen LogP contribution in [0.2, 0.25) is 0 Å². The van der Waals surface area contributed by atoms with Crippen molar-refractivity contribution in [3.05, 3.63) is 175 Å². The third-order valence-electron chi connectivity index (χ3n) is 10.8. The van der Waals surface area contributed by atoms with E-state index in [1.807, 2.05) is 0 Å². The number of nitrogens with zero attached hydrogens (tertiary/aromatic N) is 2. The Balaban J connectivity index is 1.26. The van der Waals surface area contributed by atoms with Crippen LogP contribution in [0, 0.1) is 0 Å². The van der Waals surface area contributed by atoms with Crippen LogP contribution in [-0.2, 0) is 0 Å². The predicted molar refractivity (Wildman–Crippen MR) is 204 cm³/mol. The predicted octanol–water partition coefficient (Wildman–Crippen LogP) is 12.1. The molecule has 0 bridgehead atoms. The molecule has 0 saturated heterocycles. The molecule has 0 spiro atoms. The molecule has 1 aliphatic heterocycles. The number of hydrogen-bond donors (Lipinski definition) is 0. The highest BCUT2D eigenvalue weighted by atomic mass is 15.2. The van der Waals surface area contributed by atoms with Crippen LogP contribution < -0.4 is 4.90 Å². The van der Waals surface area contributed by atoms with E-state index in [4.69, 9.17) is 0 Å². The molecule has 0 amide bonds. The smallest absolute Gasteiger partial charge is 0.0629 e. The van der Waals surface area contributed by atoms with Gasteiger partial charge in [-0.25, -0.2) is 0 Å². The van der Waals surface area contributed by atoms with Crippen LogP contribution in [-0.4, -0.2) is 10.6 Å². The largest absolute Gasteiger partial charge is 0.333 e. The molecule has 2 aliphatic rings. The molecule has 2 unspecified atom stereocenters. The van der Waals surface area contributed by atoms with Crippen molar-refractivity contribution in [2.24, 2.45) is 0 Å². The van der Waals surface area contributed by atoms with Gasteiger partial charge >= 0.3 is 0 Å². The Bertz CT molecular complexity index is 2870. The molecule has 0 N–H and O–H groups in total. The second-order valence-electron chi connectivity index (χ2n) is 13.3. The first-order valence-corrected chi connectivity index (χ1v) is 16.9. The van der Waals surface area contributed by atoms with Crippen molar-refractivity contribution in [1.29, 1.82) is 0 Å². The first-order valence-electron chi connectivity index (χ1n) is 16.9. The standard InChI is InChI=1S/C46H30N2/c1-2-12-30-25-31(22-21-29(30)11-1)48-45-24-23-32(47-43-19-9-7-17-37(43)38-18-8-10-20-44(38)47)26-41(45)42-27-39-35-15-5-3-13-33(35)34-14-4-6-16-36(34)40(39)28-46(42)48/h1-28,37,43H. The Morgan fingerprint density at radius 1 is 0.396 bits per heavy atom. The van der Waals surface area contributed by atoms with E-state index < -0.39 is 0 Å². The zero-order valence-electron chi connectivity index (χ0n) is 26.2. The molecule has 11 rings (SSSR count). The van der Waals surface area contributed by atoms with Crippen molar-refractivity contribution in [3.63, 3.8) is 0 Å². The SMILES string of the molecule is C1=CC2c3ccccc3N(c3ccc4c(c3)c3cc5c6ccccc6c6ccccc6c5cc3n4-c3ccc4ccccc4c3)C2C=C1. The minimum atomic E-state index is 0.259. The highest BCUT2D eigenvalue weighted by Crippen LogP contribution is 2.49. The molecule has 2 heteroatoms. The molecule has 0 radical (unpaired) electrons. The first kappa shape index (κ1) is 26.0. The van der Waals surface area contributed by atoms with Crippen molar-refractivity contribution < 1.29 is 0 Å². The molecular formula is C46H30N2. The summed E-state index contributed by atoms with van der Waals surface area (Å²) in [5.74, 6) is 0.351. The van der Waals surface area contributed by atoms with E-state index in [9.17, 15) is 0 Å². The summed E-state index contributed by atoms with van der Waals surface area (Å²) in [5, 5.41) is 12.8. The van der Waals surface area contributed by atoms with E-state index in [0.717, 1.165) is 0 Å². The number of aromatic nitrogens is 1. The molecule has 2 heterocycles. The highest BCUT2D eigenvalue weighted by Gasteiger charge is 2.37. The Hall–Kier alpha value is -6.12. The maximum absolute atomic E-state index is 2.54. The monoisotopic (exact) mass is 610 g/mol. The number of anilines is 2. The van der Waals surface area contributed by atoms with Gasteiger partial charge in [0.1, 0.15) is 0 Å². The molecular weight excluding hydrogens is 581 g/mol. The van der Waals surface area contributed by atoms with Crippen molar-refractivity contribution in [2.45, 2.75) is 12.0 Å². The fraction of sp³-hybridized carbons (Fsp3) is 0.0435. The quantitative estimate of drug-likeness (QED) is 0.177. The van der Waals surface area contributed by atoms with Gasteiger partial charge in [0.25, 0.3) is 0 Å². The molecule has 224 valence electrons. The molecule has 8 aromatic carbocycles. The van der Waals surface area contributed by atoms with E-state index in [0.29, 0.717) is 5.92 Å². The van der Waals surface area contributed by atoms with Crippen molar-refractivity contribution in [2.75, 3.05) is 4.90 Å². The number of rotatable bonds is 2. The van der Waals surface area contributed by atoms with Gasteiger partial charge in [-0.05, 0) is 97.2 Å². The number of hydrogen-bond acceptors (Lipinski definition) is 1. The first-order chi connectivity index (χ1) is 23.8. The van der Waals surface area contributed by atoms with Gasteiger partial charge in [0.2, 0.25) is 0 Å². The molecule has 0 fully saturated rings. The van der Waals surface area contributed by atoms with Crippen molar-refractivity contribution in [1.82, 2.24) is 4.57 Å². The fourth-order valence-corrected chi connectivity index (χ4v) is 8.74. The lowest BCUT2D eigenvalue weighted by Gasteiger charge is -2.28. The Morgan fingerprint density at radius 3 is 1.83 bits per heavy atom. The maximum Gasteiger partial charge on any atom is 0.0629 e. The minimum absolute atomic E-state index is 0.259. The Labute approximate surface area is 278 Å². The second-order valence-corrected chi connectivity index (χ2v) is 13.3. The molecule has 1 aromatic heterocycles. The molecule has 0 saturated carbocycles. The van der Waals surface area contributed by atoms with Gasteiger partial charge in [-0.3, -0.25) is 0 Å². The van der Waals surface area contributed by atoms with Crippen LogP contribution in [0.5, 0.6) is 0 Å². The average Bonchev–Trinajstić information content (AvgIpc) is 3.66. The third-order valence-corrected chi connectivity index (χ3v) is 10.8. The van der Waals surface area contributed by atoms with Gasteiger partial charge in [-0.15, -0.1) is 0 Å². The second kappa shape index (κ2) is 9.70. The number of allylic oxidation sites excluding steroid dienone is 2. The zero-order valence-corrected chi connectivity index (χ0v) is 26.2. The van der Waals surface area contributed by atoms with Gasteiger partial charge in [0, 0.05) is 33.8 Å². The number of benzene rings is 8. The summed E-state index contributed by atoms with van der Waals surface area (Å²) in [5.41, 5.74) is 7.54. The van der Waals surface area contributed by atoms with Crippen LogP contribution in [0.25, 0.3) is 70.6 Å². The average molecular weight is 611 g/mol. The van der Waals surface area contributed by atoms with E-state index in [-0.39, 0.29) is 6.04 Å². The van der Waals surface area contributed by atoms with Crippen LogP contribution in [0.4, 0.5) is 11.4 Å². The summed E-state index contributed by atoms with van der Waals surface area (Å²) >= 11 is 0. The van der Waals surface area contributed by atoms with Gasteiger partial charge in [-0.1, -0.05) is 121 Å². The highest BCUT2D eigenvalue weighted by molar-refractivity contribution is 6.29. The molecule has 1 aliphatic carbocycles. The molecule has 2 atom stereocenters. The molecule has 2 nitrogen and oxygen atoms in total. The maximum atomic E-state index is 2.54. The number of fused-ring (bicyclic) bond motifs is 13. The topological polar surface area (TPSA) is 8.17 Å². The summed E-state index contributed by atoms with van der Waals surface area (Å²) in [4.78, 5) is 2.54. The molecule has 48 heavy (non-hydrogen) atoms. The van der Waals surface area contributed by atoms with E-state index >= 15 is 0 Å². The van der Waals surface area contributed by atoms with Gasteiger partial charge in [0.15, 0.2) is 0 Å². The van der Waals surface area contributed by atoms with Crippen molar-refractivity contribution >= 4 is 76.3 Å². The summed E-state index contributed by atoms with van der Waals surface area (Å²) in [6, 6.07) is 54.5. The lowest BCUT2D eigenvalue weighted by atomic mass is 9.91. The van der Waals surface area contributed by atoms with Gasteiger partial charge in [0.05, 0.1) is 17.1 Å². The fourth-order valence-electron chi connectivity index (χ4n) is 8.74. The Morgan fingerprint density at radius 2 is 1.02 bits per heavy atom. The summed E-state index contributed by atoms with van der Waals surface area (Å²) < 4.78 is 2.48. The third kappa shape index (κ3) is 3.52. The summed E-state index contributed by atoms with van der Waals surface area (Å²) in [6.07, 6.45) is 9.11. The lowest BCUT2D eigenvalue weighted by molar-refractivity contribution is 0.745. The van der Waals surface area contributed by atoms with E-state index in [1.54, 1.807) is 0 Å². The van der Waals surface area contributed by atoms with Crippen molar-refractivity contribution in [3.8, 4) is 5.69 Å². The summed E-state index contributed by atoms with van der Waals surface area (Å²) in [7, 11) is 0. The van der Waals surface area contributed by atoms with Crippen LogP contribution >= 0.6 is 0 Å². The van der Waals surface area contributed by atoms with Crippen LogP contribution in [0.15, 0.2) is 170 Å².